The topological polar surface area (TPSA) is 26.3 Å². The van der Waals surface area contributed by atoms with Crippen molar-refractivity contribution in [3.05, 3.63) is 29.8 Å². The molecule has 2 saturated carbocycles. The average molecular weight is 343 g/mol. The Labute approximate surface area is 153 Å². The molecule has 2 heteroatoms. The predicted octanol–water partition coefficient (Wildman–Crippen LogP) is 6.64. The Morgan fingerprint density at radius 1 is 0.960 bits per heavy atom. The zero-order chi connectivity index (χ0) is 17.5. The Balaban J connectivity index is 1.46. The standard InChI is InChI=1S/C23H34O2/c1-2-3-7-18-10-12-21(13-11-18)23(24)25-22-16-14-20(15-17-22)19-8-5-4-6-9-19/h14-19,21H,2-13H2,1H3. The van der Waals surface area contributed by atoms with Gasteiger partial charge in [-0.05, 0) is 68.1 Å². The Morgan fingerprint density at radius 2 is 1.64 bits per heavy atom. The number of carbonyl (C=O) groups excluding carboxylic acids is 1. The number of carbonyl (C=O) groups is 1. The SMILES string of the molecule is CCCCC1CCC(C(=O)Oc2ccc(C3CCCCC3)cc2)CC1. The Hall–Kier alpha value is -1.31. The van der Waals surface area contributed by atoms with Crippen molar-refractivity contribution < 1.29 is 9.53 Å². The van der Waals surface area contributed by atoms with Crippen LogP contribution in [0, 0.1) is 11.8 Å². The van der Waals surface area contributed by atoms with E-state index in [0.717, 1.165) is 24.5 Å². The summed E-state index contributed by atoms with van der Waals surface area (Å²) in [7, 11) is 0. The number of esters is 1. The number of hydrogen-bond acceptors (Lipinski definition) is 2. The third-order valence-electron chi connectivity index (χ3n) is 6.32. The fourth-order valence-electron chi connectivity index (χ4n) is 4.62. The van der Waals surface area contributed by atoms with Gasteiger partial charge in [-0.2, -0.15) is 0 Å². The molecule has 0 saturated heterocycles. The minimum absolute atomic E-state index is 0.0145. The normalized spacial score (nSPS) is 24.8. The average Bonchev–Trinajstić information content (AvgIpc) is 2.68. The number of unbranched alkanes of at least 4 members (excludes halogenated alkanes) is 1. The van der Waals surface area contributed by atoms with E-state index in [2.05, 4.69) is 19.1 Å². The monoisotopic (exact) mass is 342 g/mol. The van der Waals surface area contributed by atoms with Crippen molar-refractivity contribution in [1.82, 2.24) is 0 Å². The summed E-state index contributed by atoms with van der Waals surface area (Å²) in [6, 6.07) is 8.32. The van der Waals surface area contributed by atoms with Crippen LogP contribution in [0.2, 0.25) is 0 Å². The Bertz CT molecular complexity index is 520. The van der Waals surface area contributed by atoms with Gasteiger partial charge in [0.15, 0.2) is 0 Å². The summed E-state index contributed by atoms with van der Waals surface area (Å²) < 4.78 is 5.67. The van der Waals surface area contributed by atoms with Gasteiger partial charge >= 0.3 is 5.97 Å². The molecule has 1 aromatic carbocycles. The van der Waals surface area contributed by atoms with E-state index in [-0.39, 0.29) is 11.9 Å². The van der Waals surface area contributed by atoms with Gasteiger partial charge in [0.1, 0.15) is 5.75 Å². The minimum Gasteiger partial charge on any atom is -0.426 e. The van der Waals surface area contributed by atoms with E-state index in [1.165, 1.54) is 69.8 Å². The number of ether oxygens (including phenoxy) is 1. The second-order valence-corrected chi connectivity index (χ2v) is 8.18. The summed E-state index contributed by atoms with van der Waals surface area (Å²) in [5.74, 6) is 2.35. The van der Waals surface area contributed by atoms with Crippen LogP contribution in [0.25, 0.3) is 0 Å². The van der Waals surface area contributed by atoms with Gasteiger partial charge in [-0.3, -0.25) is 4.79 Å². The number of benzene rings is 1. The molecule has 0 heterocycles. The van der Waals surface area contributed by atoms with E-state index in [1.807, 2.05) is 12.1 Å². The van der Waals surface area contributed by atoms with Crippen LogP contribution in [-0.4, -0.2) is 5.97 Å². The molecule has 2 nitrogen and oxygen atoms in total. The van der Waals surface area contributed by atoms with E-state index in [0.29, 0.717) is 5.92 Å². The van der Waals surface area contributed by atoms with Gasteiger partial charge < -0.3 is 4.74 Å². The van der Waals surface area contributed by atoms with Crippen molar-refractivity contribution >= 4 is 5.97 Å². The summed E-state index contributed by atoms with van der Waals surface area (Å²) >= 11 is 0. The number of hydrogen-bond donors (Lipinski definition) is 0. The molecule has 3 rings (SSSR count). The molecule has 0 aromatic heterocycles. The van der Waals surface area contributed by atoms with Crippen LogP contribution >= 0.6 is 0 Å². The molecule has 0 aliphatic heterocycles. The van der Waals surface area contributed by atoms with Crippen molar-refractivity contribution in [2.24, 2.45) is 11.8 Å². The highest BCUT2D eigenvalue weighted by Gasteiger charge is 2.27. The van der Waals surface area contributed by atoms with Crippen LogP contribution < -0.4 is 4.74 Å². The molecular weight excluding hydrogens is 308 g/mol. The molecule has 0 radical (unpaired) electrons. The third-order valence-corrected chi connectivity index (χ3v) is 6.32. The van der Waals surface area contributed by atoms with Gasteiger partial charge in [0.05, 0.1) is 5.92 Å². The van der Waals surface area contributed by atoms with Crippen LogP contribution in [-0.2, 0) is 4.79 Å². The van der Waals surface area contributed by atoms with Crippen molar-refractivity contribution in [3.63, 3.8) is 0 Å². The molecule has 2 fully saturated rings. The molecule has 2 aliphatic carbocycles. The maximum absolute atomic E-state index is 12.5. The minimum atomic E-state index is -0.0145. The van der Waals surface area contributed by atoms with Crippen molar-refractivity contribution in [2.75, 3.05) is 0 Å². The highest BCUT2D eigenvalue weighted by Crippen LogP contribution is 2.34. The molecule has 0 amide bonds. The lowest BCUT2D eigenvalue weighted by Crippen LogP contribution is -2.25. The summed E-state index contributed by atoms with van der Waals surface area (Å²) in [6.07, 6.45) is 15.0. The first-order valence-corrected chi connectivity index (χ1v) is 10.6. The second-order valence-electron chi connectivity index (χ2n) is 8.18. The van der Waals surface area contributed by atoms with Crippen molar-refractivity contribution in [1.29, 1.82) is 0 Å². The van der Waals surface area contributed by atoms with Gasteiger partial charge in [-0.1, -0.05) is 57.6 Å². The van der Waals surface area contributed by atoms with Crippen LogP contribution in [0.1, 0.15) is 95.5 Å². The zero-order valence-electron chi connectivity index (χ0n) is 15.8. The fraction of sp³-hybridized carbons (Fsp3) is 0.696. The Morgan fingerprint density at radius 3 is 2.28 bits per heavy atom. The second kappa shape index (κ2) is 9.40. The molecule has 0 N–H and O–H groups in total. The summed E-state index contributed by atoms with van der Waals surface area (Å²) in [5, 5.41) is 0. The molecule has 0 atom stereocenters. The van der Waals surface area contributed by atoms with E-state index >= 15 is 0 Å². The molecule has 138 valence electrons. The maximum atomic E-state index is 12.5. The first-order valence-electron chi connectivity index (χ1n) is 10.6. The predicted molar refractivity (Wildman–Crippen MR) is 103 cm³/mol. The van der Waals surface area contributed by atoms with Crippen molar-refractivity contribution in [2.45, 2.75) is 89.9 Å². The van der Waals surface area contributed by atoms with Crippen LogP contribution in [0.3, 0.4) is 0 Å². The lowest BCUT2D eigenvalue weighted by Gasteiger charge is -2.27. The largest absolute Gasteiger partial charge is 0.426 e. The highest BCUT2D eigenvalue weighted by atomic mass is 16.5. The first kappa shape index (κ1) is 18.5. The van der Waals surface area contributed by atoms with E-state index in [1.54, 1.807) is 0 Å². The lowest BCUT2D eigenvalue weighted by molar-refractivity contribution is -0.140. The van der Waals surface area contributed by atoms with Crippen LogP contribution in [0.5, 0.6) is 5.75 Å². The molecule has 0 bridgehead atoms. The van der Waals surface area contributed by atoms with Crippen LogP contribution in [0.4, 0.5) is 0 Å². The summed E-state index contributed by atoms with van der Waals surface area (Å²) in [6.45, 7) is 2.25. The Kier molecular flexibility index (Phi) is 6.95. The molecular formula is C23H34O2. The van der Waals surface area contributed by atoms with Gasteiger partial charge in [-0.25, -0.2) is 0 Å². The maximum Gasteiger partial charge on any atom is 0.314 e. The summed E-state index contributed by atoms with van der Waals surface area (Å²) in [4.78, 5) is 12.5. The van der Waals surface area contributed by atoms with E-state index in [9.17, 15) is 4.79 Å². The molecule has 0 spiro atoms. The van der Waals surface area contributed by atoms with Gasteiger partial charge in [0.25, 0.3) is 0 Å². The first-order chi connectivity index (χ1) is 12.3. The lowest BCUT2D eigenvalue weighted by atomic mass is 9.80. The van der Waals surface area contributed by atoms with Crippen LogP contribution in [0.15, 0.2) is 24.3 Å². The van der Waals surface area contributed by atoms with Gasteiger partial charge in [0, 0.05) is 0 Å². The quantitative estimate of drug-likeness (QED) is 0.428. The zero-order valence-corrected chi connectivity index (χ0v) is 15.8. The fourth-order valence-corrected chi connectivity index (χ4v) is 4.62. The highest BCUT2D eigenvalue weighted by molar-refractivity contribution is 5.75. The van der Waals surface area contributed by atoms with Crippen molar-refractivity contribution in [3.8, 4) is 5.75 Å². The van der Waals surface area contributed by atoms with Gasteiger partial charge in [0.2, 0.25) is 0 Å². The molecule has 2 aliphatic rings. The van der Waals surface area contributed by atoms with E-state index < -0.39 is 0 Å². The third kappa shape index (κ3) is 5.33. The summed E-state index contributed by atoms with van der Waals surface area (Å²) in [5.41, 5.74) is 1.41. The number of rotatable bonds is 6. The molecule has 1 aromatic rings. The van der Waals surface area contributed by atoms with Gasteiger partial charge in [-0.15, -0.1) is 0 Å². The van der Waals surface area contributed by atoms with E-state index in [4.69, 9.17) is 4.74 Å². The smallest absolute Gasteiger partial charge is 0.314 e. The molecule has 0 unspecified atom stereocenters. The molecule has 25 heavy (non-hydrogen) atoms.